The Balaban J connectivity index is 0. The molecule has 0 aliphatic carbocycles. The van der Waals surface area contributed by atoms with Crippen LogP contribution >= 0.6 is 0 Å². The van der Waals surface area contributed by atoms with Crippen molar-refractivity contribution >= 4 is 0 Å². The molecule has 0 aromatic heterocycles. The third-order valence-corrected chi connectivity index (χ3v) is 0. The first-order chi connectivity index (χ1) is 0. The fourth-order valence-electron chi connectivity index (χ4n) is 0. The Morgan fingerprint density at radius 2 is 0.500 bits per heavy atom. The summed E-state index contributed by atoms with van der Waals surface area (Å²) in [4.78, 5) is 0. The van der Waals surface area contributed by atoms with E-state index in [0.717, 1.165) is 0 Å². The van der Waals surface area contributed by atoms with Crippen molar-refractivity contribution in [3.63, 3.8) is 0 Å². The van der Waals surface area contributed by atoms with Gasteiger partial charge in [-0.25, -0.2) is 0 Å². The normalized spacial score (nSPS) is 0. The van der Waals surface area contributed by atoms with Gasteiger partial charge in [-0.05, 0) is 0 Å². The van der Waals surface area contributed by atoms with Gasteiger partial charge in [0, 0.05) is 0 Å². The second-order valence-corrected chi connectivity index (χ2v) is 0. The van der Waals surface area contributed by atoms with E-state index in [-0.39, 0.29) is 69.8 Å². The topological polar surface area (TPSA) is 0 Å². The minimum absolute atomic E-state index is 0. The molecule has 0 atom stereocenters. The van der Waals surface area contributed by atoms with Crippen molar-refractivity contribution in [1.82, 2.24) is 0 Å². The van der Waals surface area contributed by atoms with Crippen molar-refractivity contribution in [2.24, 2.45) is 0 Å². The molecule has 0 heterocycles. The van der Waals surface area contributed by atoms with Gasteiger partial charge in [0.1, 0.15) is 0 Å². The van der Waals surface area contributed by atoms with Gasteiger partial charge in [-0.15, -0.1) is 0 Å². The number of hydrogen-bond donors (Lipinski definition) is 0. The molecule has 0 spiro atoms. The zero-order valence-electron chi connectivity index (χ0n) is 2.13. The molecule has 0 fully saturated rings. The standard InChI is InChI=1S/3BrH.Li/h3*1H;/q;;;+1/p-3. The van der Waals surface area contributed by atoms with Crippen LogP contribution in [-0.4, -0.2) is 0 Å². The van der Waals surface area contributed by atoms with Crippen LogP contribution in [0.2, 0.25) is 0 Å². The van der Waals surface area contributed by atoms with Crippen molar-refractivity contribution in [1.29, 1.82) is 0 Å². The molecule has 0 aliphatic rings. The monoisotopic (exact) mass is 244 g/mol. The predicted octanol–water partition coefficient (Wildman–Crippen LogP) is -12.0. The van der Waals surface area contributed by atoms with E-state index in [1.807, 2.05) is 0 Å². The smallest absolute Gasteiger partial charge is 1.00 e. The maximum atomic E-state index is 0. The van der Waals surface area contributed by atoms with Crippen LogP contribution < -0.4 is 69.8 Å². The van der Waals surface area contributed by atoms with E-state index in [2.05, 4.69) is 0 Å². The average molecular weight is 247 g/mol. The third-order valence-electron chi connectivity index (χ3n) is 0. The molecule has 0 aromatic carbocycles. The van der Waals surface area contributed by atoms with Crippen LogP contribution in [0.5, 0.6) is 0 Å². The molecular weight excluding hydrogens is 247 g/mol. The molecule has 0 N–H and O–H groups in total. The molecular formula is Br3Li-2. The van der Waals surface area contributed by atoms with Crippen molar-refractivity contribution in [3.8, 4) is 0 Å². The van der Waals surface area contributed by atoms with Gasteiger partial charge in [0.2, 0.25) is 0 Å². The van der Waals surface area contributed by atoms with Crippen LogP contribution in [0.15, 0.2) is 0 Å². The molecule has 0 aliphatic heterocycles. The molecule has 0 unspecified atom stereocenters. The summed E-state index contributed by atoms with van der Waals surface area (Å²) in [5, 5.41) is 0. The summed E-state index contributed by atoms with van der Waals surface area (Å²) in [6.07, 6.45) is 0. The van der Waals surface area contributed by atoms with E-state index in [1.54, 1.807) is 0 Å². The summed E-state index contributed by atoms with van der Waals surface area (Å²) in [6.45, 7) is 0. The van der Waals surface area contributed by atoms with Gasteiger partial charge in [-0.2, -0.15) is 0 Å². The molecule has 0 radical (unpaired) electrons. The first-order valence-corrected chi connectivity index (χ1v) is 0. The Morgan fingerprint density at radius 1 is 0.500 bits per heavy atom. The van der Waals surface area contributed by atoms with Crippen molar-refractivity contribution in [3.05, 3.63) is 0 Å². The third kappa shape index (κ3) is 8.97. The van der Waals surface area contributed by atoms with Gasteiger partial charge in [0.25, 0.3) is 0 Å². The van der Waals surface area contributed by atoms with Gasteiger partial charge in [0.15, 0.2) is 0 Å². The maximum Gasteiger partial charge on any atom is 1.00 e. The van der Waals surface area contributed by atoms with Crippen LogP contribution in [0.3, 0.4) is 0 Å². The molecule has 0 rings (SSSR count). The van der Waals surface area contributed by atoms with Crippen molar-refractivity contribution < 1.29 is 69.8 Å². The van der Waals surface area contributed by atoms with E-state index in [9.17, 15) is 0 Å². The molecule has 0 saturated carbocycles. The Labute approximate surface area is 69.2 Å². The molecule has 4 heteroatoms. The van der Waals surface area contributed by atoms with Gasteiger partial charge in [0.05, 0.1) is 0 Å². The number of hydrogen-bond acceptors (Lipinski definition) is 0. The summed E-state index contributed by atoms with van der Waals surface area (Å²) in [5.41, 5.74) is 0. The predicted molar refractivity (Wildman–Crippen MR) is 0 cm³/mol. The fraction of sp³-hybridized carbons (Fsp3) is 0. The zero-order chi connectivity index (χ0) is 0. The Morgan fingerprint density at radius 3 is 0.500 bits per heavy atom. The molecule has 0 bridgehead atoms. The Bertz CT molecular complexity index is 3.25. The van der Waals surface area contributed by atoms with Crippen LogP contribution in [0.25, 0.3) is 0 Å². The molecule has 0 nitrogen and oxygen atoms in total. The van der Waals surface area contributed by atoms with Crippen LogP contribution in [0.4, 0.5) is 0 Å². The maximum absolute atomic E-state index is 0. The van der Waals surface area contributed by atoms with E-state index in [0.29, 0.717) is 0 Å². The summed E-state index contributed by atoms with van der Waals surface area (Å²) in [6, 6.07) is 0. The minimum Gasteiger partial charge on any atom is -1.00 e. The second-order valence-electron chi connectivity index (χ2n) is 0. The van der Waals surface area contributed by atoms with Crippen molar-refractivity contribution in [2.75, 3.05) is 0 Å². The summed E-state index contributed by atoms with van der Waals surface area (Å²) in [7, 11) is 0. The van der Waals surface area contributed by atoms with E-state index in [1.165, 1.54) is 0 Å². The van der Waals surface area contributed by atoms with Gasteiger partial charge >= 0.3 is 18.9 Å². The molecule has 0 saturated heterocycles. The summed E-state index contributed by atoms with van der Waals surface area (Å²) < 4.78 is 0. The zero-order valence-corrected chi connectivity index (χ0v) is 6.89. The van der Waals surface area contributed by atoms with Crippen LogP contribution in [0, 0.1) is 0 Å². The van der Waals surface area contributed by atoms with Gasteiger partial charge in [-0.3, -0.25) is 0 Å². The molecule has 0 amide bonds. The number of halogens is 3. The Kier molecular flexibility index (Phi) is 183. The summed E-state index contributed by atoms with van der Waals surface area (Å²) >= 11 is 0. The first-order valence-electron chi connectivity index (χ1n) is 0. The van der Waals surface area contributed by atoms with E-state index in [4.69, 9.17) is 0 Å². The average Bonchev–Trinajstić information content (AvgIpc) is 0. The largest absolute Gasteiger partial charge is 1.00 e. The second kappa shape index (κ2) is 19.8. The Hall–Kier alpha value is 2.04. The fourth-order valence-corrected chi connectivity index (χ4v) is 0. The van der Waals surface area contributed by atoms with Gasteiger partial charge in [-0.1, -0.05) is 0 Å². The first kappa shape index (κ1) is 36.9. The summed E-state index contributed by atoms with van der Waals surface area (Å²) in [5.74, 6) is 0. The van der Waals surface area contributed by atoms with E-state index >= 15 is 0 Å². The van der Waals surface area contributed by atoms with Gasteiger partial charge < -0.3 is 50.9 Å². The SMILES string of the molecule is [Br-].[Br-].[Br-].[Li+]. The quantitative estimate of drug-likeness (QED) is 0.373. The van der Waals surface area contributed by atoms with Crippen LogP contribution in [-0.2, 0) is 0 Å². The molecule has 4 heavy (non-hydrogen) atoms. The minimum atomic E-state index is 0. The molecule has 24 valence electrons. The van der Waals surface area contributed by atoms with Crippen molar-refractivity contribution in [2.45, 2.75) is 0 Å². The number of rotatable bonds is 0. The molecule has 0 aromatic rings. The van der Waals surface area contributed by atoms with E-state index < -0.39 is 0 Å². The van der Waals surface area contributed by atoms with Crippen LogP contribution in [0.1, 0.15) is 0 Å².